The number of anilines is 1. The van der Waals surface area contributed by atoms with Gasteiger partial charge in [0.1, 0.15) is 4.88 Å². The summed E-state index contributed by atoms with van der Waals surface area (Å²) in [7, 11) is 0. The first-order valence-corrected chi connectivity index (χ1v) is 8.90. The number of nitrogens with one attached hydrogen (secondary N) is 1. The molecule has 3 aromatic rings. The average Bonchev–Trinajstić information content (AvgIpc) is 3.34. The normalized spacial score (nSPS) is 12.4. The Morgan fingerprint density at radius 3 is 2.88 bits per heavy atom. The van der Waals surface area contributed by atoms with Gasteiger partial charge in [-0.25, -0.2) is 4.98 Å². The van der Waals surface area contributed by atoms with Crippen LogP contribution in [0.1, 0.15) is 28.7 Å². The van der Waals surface area contributed by atoms with E-state index in [1.165, 1.54) is 11.3 Å². The number of nitrogens with zero attached hydrogens (tertiary/aromatic N) is 2. The number of thiazole rings is 1. The molecule has 2 aromatic heterocycles. The number of hydrogen-bond donors (Lipinski definition) is 1. The van der Waals surface area contributed by atoms with Gasteiger partial charge in [-0.1, -0.05) is 24.7 Å². The second kappa shape index (κ2) is 6.60. The maximum absolute atomic E-state index is 12.8. The molecule has 1 aromatic carbocycles. The summed E-state index contributed by atoms with van der Waals surface area (Å²) >= 11 is 1.39. The van der Waals surface area contributed by atoms with Crippen molar-refractivity contribution in [1.82, 2.24) is 9.55 Å². The number of aryl methyl sites for hydroxylation is 1. The van der Waals surface area contributed by atoms with Crippen molar-refractivity contribution in [2.75, 3.05) is 12.1 Å². The van der Waals surface area contributed by atoms with Crippen molar-refractivity contribution in [2.24, 2.45) is 0 Å². The largest absolute Gasteiger partial charge is 0.454 e. The molecule has 128 valence electrons. The summed E-state index contributed by atoms with van der Waals surface area (Å²) in [6, 6.07) is 9.25. The zero-order valence-corrected chi connectivity index (χ0v) is 14.5. The number of rotatable bonds is 5. The fourth-order valence-electron chi connectivity index (χ4n) is 2.66. The van der Waals surface area contributed by atoms with Crippen molar-refractivity contribution >= 4 is 22.9 Å². The fraction of sp³-hybridized carbons (Fsp3) is 0.222. The Balaban J connectivity index is 1.60. The lowest BCUT2D eigenvalue weighted by atomic mass is 10.2. The SMILES string of the molecule is CCCc1nc(-n2cccc2)sc1C(=O)Nc1ccc2c(c1)OCO2. The lowest BCUT2D eigenvalue weighted by Gasteiger charge is -2.06. The summed E-state index contributed by atoms with van der Waals surface area (Å²) in [6.07, 6.45) is 5.54. The van der Waals surface area contributed by atoms with Gasteiger partial charge in [-0.2, -0.15) is 0 Å². The van der Waals surface area contributed by atoms with Crippen LogP contribution in [0.2, 0.25) is 0 Å². The number of carbonyl (C=O) groups excluding carboxylic acids is 1. The Labute approximate surface area is 149 Å². The van der Waals surface area contributed by atoms with E-state index in [-0.39, 0.29) is 12.7 Å². The molecule has 1 aliphatic heterocycles. The zero-order valence-electron chi connectivity index (χ0n) is 13.7. The third-order valence-corrected chi connectivity index (χ3v) is 4.94. The minimum absolute atomic E-state index is 0.154. The first kappa shape index (κ1) is 15.7. The van der Waals surface area contributed by atoms with Crippen LogP contribution in [0.5, 0.6) is 11.5 Å². The summed E-state index contributed by atoms with van der Waals surface area (Å²) in [5.41, 5.74) is 1.50. The van der Waals surface area contributed by atoms with Crippen molar-refractivity contribution in [3.8, 4) is 16.6 Å². The van der Waals surface area contributed by atoms with E-state index in [0.29, 0.717) is 22.1 Å². The monoisotopic (exact) mass is 355 g/mol. The van der Waals surface area contributed by atoms with Gasteiger partial charge in [0.25, 0.3) is 5.91 Å². The van der Waals surface area contributed by atoms with Crippen LogP contribution in [-0.2, 0) is 6.42 Å². The topological polar surface area (TPSA) is 65.4 Å². The maximum Gasteiger partial charge on any atom is 0.267 e. The van der Waals surface area contributed by atoms with E-state index in [4.69, 9.17) is 9.47 Å². The molecular weight excluding hydrogens is 338 g/mol. The second-order valence-electron chi connectivity index (χ2n) is 5.63. The van der Waals surface area contributed by atoms with Crippen LogP contribution in [-0.4, -0.2) is 22.3 Å². The van der Waals surface area contributed by atoms with Gasteiger partial charge in [0, 0.05) is 24.1 Å². The number of ether oxygens (including phenoxy) is 2. The molecule has 1 N–H and O–H groups in total. The number of fused-ring (bicyclic) bond motifs is 1. The van der Waals surface area contributed by atoms with E-state index in [1.54, 1.807) is 18.2 Å². The molecule has 0 bridgehead atoms. The maximum atomic E-state index is 12.8. The van der Waals surface area contributed by atoms with Crippen LogP contribution in [0.4, 0.5) is 5.69 Å². The van der Waals surface area contributed by atoms with E-state index in [9.17, 15) is 4.79 Å². The lowest BCUT2D eigenvalue weighted by molar-refractivity contribution is 0.102. The van der Waals surface area contributed by atoms with Crippen LogP contribution in [0, 0.1) is 0 Å². The predicted molar refractivity (Wildman–Crippen MR) is 96.0 cm³/mol. The molecule has 0 unspecified atom stereocenters. The smallest absolute Gasteiger partial charge is 0.267 e. The molecule has 25 heavy (non-hydrogen) atoms. The quantitative estimate of drug-likeness (QED) is 0.755. The summed E-state index contributed by atoms with van der Waals surface area (Å²) in [6.45, 7) is 2.29. The molecule has 4 rings (SSSR count). The van der Waals surface area contributed by atoms with Crippen LogP contribution in [0.3, 0.4) is 0 Å². The molecule has 7 heteroatoms. The van der Waals surface area contributed by atoms with Gasteiger partial charge in [0.15, 0.2) is 16.6 Å². The molecule has 0 saturated heterocycles. The Bertz CT molecular complexity index is 902. The first-order valence-electron chi connectivity index (χ1n) is 8.08. The van der Waals surface area contributed by atoms with Gasteiger partial charge in [-0.15, -0.1) is 0 Å². The van der Waals surface area contributed by atoms with E-state index in [0.717, 1.165) is 23.7 Å². The minimum atomic E-state index is -0.154. The number of aromatic nitrogens is 2. The van der Waals surface area contributed by atoms with E-state index in [1.807, 2.05) is 29.1 Å². The Kier molecular flexibility index (Phi) is 4.15. The Hall–Kier alpha value is -2.80. The molecule has 0 fully saturated rings. The molecule has 6 nitrogen and oxygen atoms in total. The molecular formula is C18H17N3O3S. The summed E-state index contributed by atoms with van der Waals surface area (Å²) in [4.78, 5) is 18.1. The van der Waals surface area contributed by atoms with Gasteiger partial charge in [-0.3, -0.25) is 4.79 Å². The second-order valence-corrected chi connectivity index (χ2v) is 6.61. The van der Waals surface area contributed by atoms with E-state index in [2.05, 4.69) is 17.2 Å². The molecule has 0 aliphatic carbocycles. The zero-order chi connectivity index (χ0) is 17.2. The highest BCUT2D eigenvalue weighted by molar-refractivity contribution is 7.16. The molecule has 0 atom stereocenters. The van der Waals surface area contributed by atoms with Crippen LogP contribution < -0.4 is 14.8 Å². The van der Waals surface area contributed by atoms with Crippen LogP contribution in [0.25, 0.3) is 5.13 Å². The van der Waals surface area contributed by atoms with E-state index < -0.39 is 0 Å². The highest BCUT2D eigenvalue weighted by atomic mass is 32.1. The van der Waals surface area contributed by atoms with Gasteiger partial charge < -0.3 is 19.4 Å². The molecule has 1 aliphatic rings. The van der Waals surface area contributed by atoms with Gasteiger partial charge in [0.2, 0.25) is 6.79 Å². The Morgan fingerprint density at radius 2 is 2.08 bits per heavy atom. The van der Waals surface area contributed by atoms with Crippen molar-refractivity contribution in [1.29, 1.82) is 0 Å². The summed E-state index contributed by atoms with van der Waals surface area (Å²) in [5.74, 6) is 1.18. The number of hydrogen-bond acceptors (Lipinski definition) is 5. The van der Waals surface area contributed by atoms with Gasteiger partial charge in [-0.05, 0) is 30.7 Å². The van der Waals surface area contributed by atoms with Crippen molar-refractivity contribution in [2.45, 2.75) is 19.8 Å². The number of amides is 1. The summed E-state index contributed by atoms with van der Waals surface area (Å²) < 4.78 is 12.6. The van der Waals surface area contributed by atoms with Gasteiger partial charge in [0.05, 0.1) is 5.69 Å². The average molecular weight is 355 g/mol. The Morgan fingerprint density at radius 1 is 1.28 bits per heavy atom. The van der Waals surface area contributed by atoms with Gasteiger partial charge >= 0.3 is 0 Å². The first-order chi connectivity index (χ1) is 12.2. The highest BCUT2D eigenvalue weighted by Crippen LogP contribution is 2.34. The third-order valence-electron chi connectivity index (χ3n) is 3.83. The minimum Gasteiger partial charge on any atom is -0.454 e. The number of benzene rings is 1. The molecule has 0 spiro atoms. The fourth-order valence-corrected chi connectivity index (χ4v) is 3.63. The highest BCUT2D eigenvalue weighted by Gasteiger charge is 2.20. The predicted octanol–water partition coefficient (Wildman–Crippen LogP) is 3.87. The van der Waals surface area contributed by atoms with E-state index >= 15 is 0 Å². The van der Waals surface area contributed by atoms with Crippen molar-refractivity contribution in [3.63, 3.8) is 0 Å². The van der Waals surface area contributed by atoms with Crippen molar-refractivity contribution in [3.05, 3.63) is 53.3 Å². The molecule has 0 saturated carbocycles. The van der Waals surface area contributed by atoms with Crippen LogP contribution >= 0.6 is 11.3 Å². The molecule has 0 radical (unpaired) electrons. The molecule has 3 heterocycles. The molecule has 1 amide bonds. The standard InChI is InChI=1S/C18H17N3O3S/c1-2-5-13-16(25-18(20-13)21-8-3-4-9-21)17(22)19-12-6-7-14-15(10-12)24-11-23-14/h3-4,6-10H,2,5,11H2,1H3,(H,19,22). The summed E-state index contributed by atoms with van der Waals surface area (Å²) in [5, 5.41) is 3.73. The lowest BCUT2D eigenvalue weighted by Crippen LogP contribution is -2.12. The van der Waals surface area contributed by atoms with Crippen molar-refractivity contribution < 1.29 is 14.3 Å². The van der Waals surface area contributed by atoms with Crippen LogP contribution in [0.15, 0.2) is 42.7 Å². The third kappa shape index (κ3) is 3.10. The number of carbonyl (C=O) groups is 1.